The number of nitrogen functional groups attached to an aromatic ring is 1. The monoisotopic (exact) mass is 347 g/mol. The van der Waals surface area contributed by atoms with E-state index in [4.69, 9.17) is 5.73 Å². The zero-order valence-electron chi connectivity index (χ0n) is 9.27. The van der Waals surface area contributed by atoms with Gasteiger partial charge < -0.3 is 10.3 Å². The van der Waals surface area contributed by atoms with Gasteiger partial charge in [-0.3, -0.25) is 0 Å². The van der Waals surface area contributed by atoms with Crippen LogP contribution in [0, 0.1) is 3.57 Å². The molecule has 0 aliphatic heterocycles. The molecule has 0 saturated carbocycles. The number of benzene rings is 1. The largest absolute Gasteiger partial charge is 0.369 e. The molecule has 2 rings (SSSR count). The molecule has 5 heteroatoms. The molecule has 16 heavy (non-hydrogen) atoms. The van der Waals surface area contributed by atoms with E-state index in [0.29, 0.717) is 12.0 Å². The fourth-order valence-corrected chi connectivity index (χ4v) is 2.98. The van der Waals surface area contributed by atoms with E-state index < -0.39 is 0 Å². The first kappa shape index (κ1) is 12.0. The van der Waals surface area contributed by atoms with Crippen LogP contribution in [0.15, 0.2) is 18.2 Å². The van der Waals surface area contributed by atoms with Gasteiger partial charge in [-0.05, 0) is 54.0 Å². The molecule has 0 radical (unpaired) electrons. The Morgan fingerprint density at radius 1 is 1.56 bits per heavy atom. The van der Waals surface area contributed by atoms with Crippen molar-refractivity contribution in [3.05, 3.63) is 21.8 Å². The Bertz CT molecular complexity index is 509. The Morgan fingerprint density at radius 3 is 3.00 bits per heavy atom. The van der Waals surface area contributed by atoms with E-state index in [1.54, 1.807) is 0 Å². The molecule has 0 fully saturated rings. The molecular formula is C11H14IN3S. The molecule has 1 aromatic heterocycles. The molecule has 2 aromatic rings. The van der Waals surface area contributed by atoms with Gasteiger partial charge in [-0.2, -0.15) is 11.8 Å². The second-order valence-corrected chi connectivity index (χ2v) is 5.93. The van der Waals surface area contributed by atoms with Crippen LogP contribution in [0.4, 0.5) is 5.95 Å². The summed E-state index contributed by atoms with van der Waals surface area (Å²) in [6.07, 6.45) is 2.11. The minimum Gasteiger partial charge on any atom is -0.369 e. The van der Waals surface area contributed by atoms with Crippen molar-refractivity contribution in [2.75, 3.05) is 17.7 Å². The number of hydrogen-bond acceptors (Lipinski definition) is 3. The van der Waals surface area contributed by atoms with Crippen molar-refractivity contribution in [1.29, 1.82) is 0 Å². The lowest BCUT2D eigenvalue weighted by molar-refractivity contribution is 0.637. The van der Waals surface area contributed by atoms with E-state index in [9.17, 15) is 0 Å². The Labute approximate surface area is 113 Å². The van der Waals surface area contributed by atoms with E-state index in [1.807, 2.05) is 11.8 Å². The summed E-state index contributed by atoms with van der Waals surface area (Å²) >= 11 is 4.11. The van der Waals surface area contributed by atoms with Crippen LogP contribution in [0.3, 0.4) is 0 Å². The predicted molar refractivity (Wildman–Crippen MR) is 80.0 cm³/mol. The van der Waals surface area contributed by atoms with Gasteiger partial charge in [0, 0.05) is 15.4 Å². The number of thioether (sulfide) groups is 1. The van der Waals surface area contributed by atoms with E-state index >= 15 is 0 Å². The Hall–Kier alpha value is -0.430. The molecule has 0 saturated heterocycles. The number of anilines is 1. The van der Waals surface area contributed by atoms with E-state index in [-0.39, 0.29) is 0 Å². The van der Waals surface area contributed by atoms with Gasteiger partial charge in [0.25, 0.3) is 0 Å². The topological polar surface area (TPSA) is 43.8 Å². The maximum Gasteiger partial charge on any atom is 0.201 e. The highest BCUT2D eigenvalue weighted by Crippen LogP contribution is 2.25. The maximum absolute atomic E-state index is 5.97. The zero-order chi connectivity index (χ0) is 11.7. The summed E-state index contributed by atoms with van der Waals surface area (Å²) in [5, 5.41) is 0. The number of halogens is 1. The van der Waals surface area contributed by atoms with Crippen LogP contribution >= 0.6 is 34.4 Å². The van der Waals surface area contributed by atoms with Crippen molar-refractivity contribution < 1.29 is 0 Å². The number of nitrogens with zero attached hydrogens (tertiary/aromatic N) is 2. The number of fused-ring (bicyclic) bond motifs is 1. The van der Waals surface area contributed by atoms with Crippen molar-refractivity contribution in [2.45, 2.75) is 13.0 Å². The lowest BCUT2D eigenvalue weighted by Gasteiger charge is -2.14. The van der Waals surface area contributed by atoms with E-state index in [2.05, 4.69) is 63.5 Å². The number of aromatic nitrogens is 2. The third-order valence-corrected chi connectivity index (χ3v) is 4.01. The average Bonchev–Trinajstić information content (AvgIpc) is 2.53. The Morgan fingerprint density at radius 2 is 2.31 bits per heavy atom. The summed E-state index contributed by atoms with van der Waals surface area (Å²) in [5.74, 6) is 1.65. The third kappa shape index (κ3) is 2.15. The number of imidazole rings is 1. The van der Waals surface area contributed by atoms with Gasteiger partial charge in [-0.15, -0.1) is 0 Å². The number of rotatable bonds is 3. The molecule has 0 spiro atoms. The summed E-state index contributed by atoms with van der Waals surface area (Å²) in [4.78, 5) is 4.40. The van der Waals surface area contributed by atoms with Crippen LogP contribution < -0.4 is 5.73 Å². The van der Waals surface area contributed by atoms with Crippen molar-refractivity contribution >= 4 is 51.3 Å². The first-order chi connectivity index (χ1) is 7.63. The van der Waals surface area contributed by atoms with Crippen LogP contribution in [0.25, 0.3) is 11.0 Å². The van der Waals surface area contributed by atoms with E-state index in [1.165, 1.54) is 3.57 Å². The van der Waals surface area contributed by atoms with Gasteiger partial charge in [-0.25, -0.2) is 4.98 Å². The van der Waals surface area contributed by atoms with Gasteiger partial charge in [0.1, 0.15) is 0 Å². The lowest BCUT2D eigenvalue weighted by atomic mass is 10.3. The highest BCUT2D eigenvalue weighted by Gasteiger charge is 2.13. The number of nitrogens with two attached hydrogens (primary N) is 1. The van der Waals surface area contributed by atoms with Gasteiger partial charge >= 0.3 is 0 Å². The summed E-state index contributed by atoms with van der Waals surface area (Å²) < 4.78 is 3.30. The minimum atomic E-state index is 0.375. The van der Waals surface area contributed by atoms with Crippen LogP contribution in [0.5, 0.6) is 0 Å². The van der Waals surface area contributed by atoms with Crippen LogP contribution in [0.2, 0.25) is 0 Å². The fourth-order valence-electron chi connectivity index (χ4n) is 1.87. The zero-order valence-corrected chi connectivity index (χ0v) is 12.2. The minimum absolute atomic E-state index is 0.375. The molecule has 1 heterocycles. The molecule has 0 amide bonds. The van der Waals surface area contributed by atoms with Gasteiger partial charge in [0.15, 0.2) is 0 Å². The summed E-state index contributed by atoms with van der Waals surface area (Å²) in [7, 11) is 0. The molecular weight excluding hydrogens is 333 g/mol. The molecule has 0 bridgehead atoms. The van der Waals surface area contributed by atoms with Crippen molar-refractivity contribution in [1.82, 2.24) is 9.55 Å². The Kier molecular flexibility index (Phi) is 3.63. The first-order valence-corrected chi connectivity index (χ1v) is 7.52. The highest BCUT2D eigenvalue weighted by molar-refractivity contribution is 14.1. The summed E-state index contributed by atoms with van der Waals surface area (Å²) in [5.41, 5.74) is 8.08. The fraction of sp³-hybridized carbons (Fsp3) is 0.364. The van der Waals surface area contributed by atoms with Crippen molar-refractivity contribution in [3.8, 4) is 0 Å². The third-order valence-electron chi connectivity index (χ3n) is 2.53. The smallest absolute Gasteiger partial charge is 0.201 e. The quantitative estimate of drug-likeness (QED) is 0.868. The maximum atomic E-state index is 5.97. The van der Waals surface area contributed by atoms with Gasteiger partial charge in [0.05, 0.1) is 11.0 Å². The predicted octanol–water partition coefficient (Wildman–Crippen LogP) is 3.15. The van der Waals surface area contributed by atoms with Crippen LogP contribution in [0.1, 0.15) is 13.0 Å². The molecule has 86 valence electrons. The van der Waals surface area contributed by atoms with Crippen molar-refractivity contribution in [3.63, 3.8) is 0 Å². The van der Waals surface area contributed by atoms with E-state index in [0.717, 1.165) is 16.8 Å². The SMILES string of the molecule is CSCC(C)n1c(N)nc2cc(I)ccc21. The summed E-state index contributed by atoms with van der Waals surface area (Å²) in [6.45, 7) is 2.17. The standard InChI is InChI=1S/C11H14IN3S/c1-7(6-16-2)15-10-4-3-8(12)5-9(10)14-11(15)13/h3-5,7H,6H2,1-2H3,(H2,13,14). The van der Waals surface area contributed by atoms with Crippen LogP contribution in [-0.2, 0) is 0 Å². The highest BCUT2D eigenvalue weighted by atomic mass is 127. The van der Waals surface area contributed by atoms with Crippen molar-refractivity contribution in [2.24, 2.45) is 0 Å². The molecule has 1 aromatic carbocycles. The first-order valence-electron chi connectivity index (χ1n) is 5.05. The average molecular weight is 347 g/mol. The normalized spacial score (nSPS) is 13.2. The van der Waals surface area contributed by atoms with Crippen LogP contribution in [-0.4, -0.2) is 21.6 Å². The number of hydrogen-bond donors (Lipinski definition) is 1. The second kappa shape index (κ2) is 4.83. The molecule has 0 aliphatic carbocycles. The van der Waals surface area contributed by atoms with Gasteiger partial charge in [-0.1, -0.05) is 0 Å². The molecule has 1 atom stereocenters. The molecule has 0 aliphatic rings. The lowest BCUT2D eigenvalue weighted by Crippen LogP contribution is -2.10. The molecule has 2 N–H and O–H groups in total. The molecule has 3 nitrogen and oxygen atoms in total. The molecule has 1 unspecified atom stereocenters. The second-order valence-electron chi connectivity index (χ2n) is 3.78. The Balaban J connectivity index is 2.55. The van der Waals surface area contributed by atoms with Gasteiger partial charge in [0.2, 0.25) is 5.95 Å². The summed E-state index contributed by atoms with van der Waals surface area (Å²) in [6, 6.07) is 6.62.